The molecule has 0 amide bonds. The lowest BCUT2D eigenvalue weighted by Gasteiger charge is -2.34. The van der Waals surface area contributed by atoms with E-state index in [0.717, 1.165) is 45.7 Å². The molecule has 0 saturated carbocycles. The Bertz CT molecular complexity index is 2110. The number of benzene rings is 4. The van der Waals surface area contributed by atoms with Gasteiger partial charge in [-0.2, -0.15) is 0 Å². The molecule has 1 aliphatic carbocycles. The monoisotopic (exact) mass is 752 g/mol. The minimum atomic E-state index is -0.393. The van der Waals surface area contributed by atoms with Gasteiger partial charge in [0.1, 0.15) is 13.1 Å². The number of hydrogen-bond acceptors (Lipinski definition) is 7. The third-order valence-corrected chi connectivity index (χ3v) is 12.1. The second-order valence-electron chi connectivity index (χ2n) is 16.2. The Morgan fingerprint density at radius 2 is 1.13 bits per heavy atom. The number of Topliss-reactive ketones (excluding diaryl/α,β-unsaturated/α-hetero) is 1. The van der Waals surface area contributed by atoms with Gasteiger partial charge in [-0.3, -0.25) is 9.69 Å². The number of thiazole rings is 1. The van der Waals surface area contributed by atoms with Crippen molar-refractivity contribution in [2.75, 3.05) is 4.90 Å². The number of aromatic nitrogens is 1. The smallest absolute Gasteiger partial charge is 0.234 e. The summed E-state index contributed by atoms with van der Waals surface area (Å²) in [6.45, 7) is 15.4. The van der Waals surface area contributed by atoms with Crippen LogP contribution in [0.2, 0.25) is 0 Å². The molecule has 54 heavy (non-hydrogen) atoms. The average Bonchev–Trinajstić information content (AvgIpc) is 3.79. The first kappa shape index (κ1) is 37.6. The Hall–Kier alpha value is -4.76. The number of aliphatic imine (C=N–C) groups is 1. The normalized spacial score (nSPS) is 17.6. The van der Waals surface area contributed by atoms with E-state index in [-0.39, 0.29) is 33.6 Å². The number of quaternary nitrogens is 1. The average molecular weight is 753 g/mol. The van der Waals surface area contributed by atoms with Crippen LogP contribution in [-0.4, -0.2) is 22.0 Å². The Morgan fingerprint density at radius 1 is 0.667 bits per heavy atom. The molecule has 7 rings (SSSR count). The van der Waals surface area contributed by atoms with Crippen molar-refractivity contribution in [2.45, 2.75) is 78.6 Å². The number of anilines is 1. The maximum atomic E-state index is 14.5. The molecule has 1 atom stereocenters. The van der Waals surface area contributed by atoms with Gasteiger partial charge >= 0.3 is 0 Å². The summed E-state index contributed by atoms with van der Waals surface area (Å²) >= 11 is 3.02. The van der Waals surface area contributed by atoms with E-state index in [0.29, 0.717) is 18.0 Å². The van der Waals surface area contributed by atoms with E-state index in [9.17, 15) is 9.90 Å². The first-order valence-corrected chi connectivity index (χ1v) is 20.3. The minimum Gasteiger partial charge on any atom is -0.871 e. The molecule has 1 N–H and O–H groups in total. The fourth-order valence-corrected chi connectivity index (χ4v) is 9.74. The summed E-state index contributed by atoms with van der Waals surface area (Å²) in [6.07, 6.45) is 0. The van der Waals surface area contributed by atoms with E-state index in [2.05, 4.69) is 119 Å². The molecule has 2 heterocycles. The Kier molecular flexibility index (Phi) is 10.8. The van der Waals surface area contributed by atoms with Crippen molar-refractivity contribution in [3.8, 4) is 0 Å². The summed E-state index contributed by atoms with van der Waals surface area (Å²) in [5, 5.41) is 15.3. The highest BCUT2D eigenvalue weighted by Gasteiger charge is 2.44. The van der Waals surface area contributed by atoms with Crippen LogP contribution in [0.25, 0.3) is 5.57 Å². The van der Waals surface area contributed by atoms with Crippen molar-refractivity contribution in [3.05, 3.63) is 170 Å². The highest BCUT2D eigenvalue weighted by molar-refractivity contribution is 8.04. The molecule has 0 bridgehead atoms. The molecule has 4 aromatic carbocycles. The SMILES string of the molecule is CC(C)(C)C1=NC([NH+](Cc2ccccc2)Cc2ccccc2)S/C1=C1/C(=O)C(c2sc(N(Cc3ccccc3)Cc3ccccc3)nc2C(C)(C)C)=C1[O-]. The topological polar surface area (TPSA) is 73.1 Å². The Morgan fingerprint density at radius 3 is 1.56 bits per heavy atom. The third-order valence-electron chi connectivity index (χ3n) is 9.69. The van der Waals surface area contributed by atoms with Crippen molar-refractivity contribution in [1.82, 2.24) is 4.98 Å². The van der Waals surface area contributed by atoms with E-state index in [1.165, 1.54) is 27.4 Å². The molecule has 276 valence electrons. The molecule has 6 nitrogen and oxygen atoms in total. The summed E-state index contributed by atoms with van der Waals surface area (Å²) in [6, 6.07) is 41.6. The van der Waals surface area contributed by atoms with Crippen LogP contribution >= 0.6 is 23.1 Å². The summed E-state index contributed by atoms with van der Waals surface area (Å²) in [4.78, 5) is 29.9. The fraction of sp³-hybridized carbons (Fsp3) is 0.283. The molecule has 0 fully saturated rings. The number of carbonyl (C=O) groups excluding carboxylic acids is 1. The van der Waals surface area contributed by atoms with Crippen LogP contribution in [-0.2, 0) is 36.4 Å². The number of rotatable bonds is 11. The molecule has 1 aromatic heterocycles. The number of thioether (sulfide) groups is 1. The molecule has 0 spiro atoms. The summed E-state index contributed by atoms with van der Waals surface area (Å²) in [7, 11) is 0. The van der Waals surface area contributed by atoms with Crippen molar-refractivity contribution in [1.29, 1.82) is 0 Å². The molecule has 0 radical (unpaired) electrons. The quantitative estimate of drug-likeness (QED) is 0.137. The lowest BCUT2D eigenvalue weighted by molar-refractivity contribution is -0.936. The van der Waals surface area contributed by atoms with Crippen molar-refractivity contribution >= 4 is 45.3 Å². The molecule has 1 aliphatic heterocycles. The minimum absolute atomic E-state index is 0.203. The van der Waals surface area contributed by atoms with E-state index < -0.39 is 5.41 Å². The van der Waals surface area contributed by atoms with E-state index in [4.69, 9.17) is 9.98 Å². The Balaban J connectivity index is 1.27. The van der Waals surface area contributed by atoms with Crippen molar-refractivity contribution in [2.24, 2.45) is 10.4 Å². The molecule has 1 unspecified atom stereocenters. The van der Waals surface area contributed by atoms with Gasteiger partial charge in [-0.25, -0.2) is 9.98 Å². The van der Waals surface area contributed by atoms with Crippen LogP contribution in [0.5, 0.6) is 0 Å². The number of ketones is 1. The van der Waals surface area contributed by atoms with E-state index >= 15 is 0 Å². The van der Waals surface area contributed by atoms with Gasteiger partial charge in [0, 0.05) is 51.1 Å². The van der Waals surface area contributed by atoms with Crippen LogP contribution in [0.4, 0.5) is 5.13 Å². The second-order valence-corrected chi connectivity index (χ2v) is 18.2. The molecule has 8 heteroatoms. The second kappa shape index (κ2) is 15.5. The number of allylic oxidation sites excluding steroid dienone is 3. The summed E-state index contributed by atoms with van der Waals surface area (Å²) < 4.78 is 0. The van der Waals surface area contributed by atoms with Gasteiger partial charge in [0.2, 0.25) is 5.50 Å². The first-order chi connectivity index (χ1) is 25.9. The molecule has 2 aliphatic rings. The molecule has 5 aromatic rings. The predicted octanol–water partition coefficient (Wildman–Crippen LogP) is 8.36. The first-order valence-electron chi connectivity index (χ1n) is 18.6. The molecular weight excluding hydrogens is 705 g/mol. The maximum Gasteiger partial charge on any atom is 0.234 e. The highest BCUT2D eigenvalue weighted by Crippen LogP contribution is 2.49. The zero-order chi connectivity index (χ0) is 38.0. The molecular formula is C46H48N4O2S2. The summed E-state index contributed by atoms with van der Waals surface area (Å²) in [5.74, 6) is -0.405. The maximum absolute atomic E-state index is 14.5. The van der Waals surface area contributed by atoms with Gasteiger partial charge in [0.15, 0.2) is 10.9 Å². The van der Waals surface area contributed by atoms with Crippen LogP contribution in [0.1, 0.15) is 74.4 Å². The van der Waals surface area contributed by atoms with Crippen LogP contribution in [0, 0.1) is 5.41 Å². The van der Waals surface area contributed by atoms with Crippen molar-refractivity contribution < 1.29 is 14.8 Å². The largest absolute Gasteiger partial charge is 0.871 e. The number of carbonyl (C=O) groups is 1. The molecule has 0 saturated heterocycles. The van der Waals surface area contributed by atoms with Crippen LogP contribution in [0.3, 0.4) is 0 Å². The standard InChI is InChI=1S/C46H48N4O2S2/c1-45(2,3)41-39(53-43(47-41)49(27-31-19-11-7-12-20-31)28-32-21-13-8-14-22-32)35-37(51)36(38(35)52)40-42(46(4,5)6)48-44(54-40)50(29-33-23-15-9-16-24-33)30-34-25-17-10-18-26-34/h7-26,43,51H,27-30H2,1-6H3/b39-35+. The van der Waals surface area contributed by atoms with Crippen LogP contribution in [0.15, 0.2) is 143 Å². The van der Waals surface area contributed by atoms with Gasteiger partial charge in [0.05, 0.1) is 16.3 Å². The van der Waals surface area contributed by atoms with Gasteiger partial charge in [0.25, 0.3) is 0 Å². The van der Waals surface area contributed by atoms with Gasteiger partial charge < -0.3 is 10.0 Å². The number of nitrogens with zero attached hydrogens (tertiary/aromatic N) is 3. The van der Waals surface area contributed by atoms with Crippen molar-refractivity contribution in [3.63, 3.8) is 0 Å². The third kappa shape index (κ3) is 8.16. The van der Waals surface area contributed by atoms with E-state index in [1.54, 1.807) is 11.8 Å². The van der Waals surface area contributed by atoms with Gasteiger partial charge in [-0.1, -0.05) is 180 Å². The number of nitrogens with one attached hydrogen (secondary N) is 1. The lowest BCUT2D eigenvalue weighted by atomic mass is 9.79. The van der Waals surface area contributed by atoms with Gasteiger partial charge in [-0.05, 0) is 22.9 Å². The lowest BCUT2D eigenvalue weighted by Crippen LogP contribution is -3.12. The summed E-state index contributed by atoms with van der Waals surface area (Å²) in [5.41, 5.74) is 5.90. The van der Waals surface area contributed by atoms with Crippen LogP contribution < -0.4 is 14.9 Å². The highest BCUT2D eigenvalue weighted by atomic mass is 32.2. The predicted molar refractivity (Wildman–Crippen MR) is 222 cm³/mol. The Labute approximate surface area is 328 Å². The zero-order valence-electron chi connectivity index (χ0n) is 31.9. The fourth-order valence-electron chi connectivity index (χ4n) is 6.94. The van der Waals surface area contributed by atoms with E-state index in [1.807, 2.05) is 48.5 Å². The van der Waals surface area contributed by atoms with Gasteiger partial charge in [-0.15, -0.1) is 0 Å². The number of hydrogen-bond donors (Lipinski definition) is 1. The zero-order valence-corrected chi connectivity index (χ0v) is 33.6.